The van der Waals surface area contributed by atoms with E-state index in [0.717, 1.165) is 12.3 Å². The van der Waals surface area contributed by atoms with Gasteiger partial charge in [-0.25, -0.2) is 4.99 Å². The van der Waals surface area contributed by atoms with Crippen LogP contribution in [0.5, 0.6) is 0 Å². The Bertz CT molecular complexity index is 501. The van der Waals surface area contributed by atoms with Crippen LogP contribution in [0.4, 0.5) is 0 Å². The van der Waals surface area contributed by atoms with Gasteiger partial charge in [0.15, 0.2) is 0 Å². The standard InChI is InChI=1S/C11H14N4O2/c1-7-5-15(3)6-10(13-7)14-11(16)9-4-12-17-8(9)2/h4,6H,5H2,1-3H3,(H,14,16). The van der Waals surface area contributed by atoms with Gasteiger partial charge >= 0.3 is 0 Å². The summed E-state index contributed by atoms with van der Waals surface area (Å²) < 4.78 is 4.84. The zero-order valence-electron chi connectivity index (χ0n) is 10.0. The number of rotatable bonds is 2. The maximum absolute atomic E-state index is 11.9. The number of amides is 1. The second kappa shape index (κ2) is 4.40. The Hall–Kier alpha value is -2.11. The van der Waals surface area contributed by atoms with Crippen LogP contribution in [0.2, 0.25) is 0 Å². The molecule has 0 aliphatic carbocycles. The summed E-state index contributed by atoms with van der Waals surface area (Å²) in [7, 11) is 1.93. The molecule has 1 N–H and O–H groups in total. The largest absolute Gasteiger partial charge is 0.372 e. The highest BCUT2D eigenvalue weighted by atomic mass is 16.5. The van der Waals surface area contributed by atoms with E-state index in [4.69, 9.17) is 4.52 Å². The molecule has 0 spiro atoms. The van der Waals surface area contributed by atoms with Crippen molar-refractivity contribution in [1.29, 1.82) is 0 Å². The lowest BCUT2D eigenvalue weighted by molar-refractivity contribution is 0.0963. The summed E-state index contributed by atoms with van der Waals surface area (Å²) in [4.78, 5) is 18.1. The van der Waals surface area contributed by atoms with Crippen molar-refractivity contribution in [2.75, 3.05) is 13.6 Å². The van der Waals surface area contributed by atoms with Gasteiger partial charge in [0, 0.05) is 19.0 Å². The normalized spacial score (nSPS) is 15.4. The molecule has 0 aromatic carbocycles. The highest BCUT2D eigenvalue weighted by Gasteiger charge is 2.15. The fraction of sp³-hybridized carbons (Fsp3) is 0.364. The Morgan fingerprint density at radius 3 is 2.88 bits per heavy atom. The van der Waals surface area contributed by atoms with Crippen LogP contribution in [0.25, 0.3) is 0 Å². The number of aryl methyl sites for hydroxylation is 1. The molecule has 0 saturated carbocycles. The lowest BCUT2D eigenvalue weighted by Crippen LogP contribution is -2.30. The number of aliphatic imine (C=N–C) groups is 1. The molecule has 1 amide bonds. The monoisotopic (exact) mass is 234 g/mol. The van der Waals surface area contributed by atoms with E-state index in [2.05, 4.69) is 15.5 Å². The van der Waals surface area contributed by atoms with Crippen molar-refractivity contribution in [2.45, 2.75) is 13.8 Å². The first kappa shape index (κ1) is 11.4. The van der Waals surface area contributed by atoms with E-state index >= 15 is 0 Å². The first-order chi connectivity index (χ1) is 8.06. The molecule has 6 heteroatoms. The van der Waals surface area contributed by atoms with Crippen LogP contribution in [0.1, 0.15) is 23.0 Å². The molecule has 0 radical (unpaired) electrons. The second-order valence-corrected chi connectivity index (χ2v) is 4.03. The highest BCUT2D eigenvalue weighted by Crippen LogP contribution is 2.09. The van der Waals surface area contributed by atoms with Gasteiger partial charge < -0.3 is 14.7 Å². The van der Waals surface area contributed by atoms with E-state index in [0.29, 0.717) is 17.1 Å². The van der Waals surface area contributed by atoms with Crippen molar-refractivity contribution >= 4 is 11.6 Å². The molecule has 0 atom stereocenters. The fourth-order valence-corrected chi connectivity index (χ4v) is 1.65. The van der Waals surface area contributed by atoms with Crippen LogP contribution in [0, 0.1) is 6.92 Å². The SMILES string of the molecule is CC1=NC(NC(=O)c2cnoc2C)=CN(C)C1. The average Bonchev–Trinajstić information content (AvgIpc) is 2.62. The summed E-state index contributed by atoms with van der Waals surface area (Å²) in [5, 5.41) is 6.28. The van der Waals surface area contributed by atoms with Crippen molar-refractivity contribution in [2.24, 2.45) is 4.99 Å². The van der Waals surface area contributed by atoms with Crippen LogP contribution in [-0.4, -0.2) is 35.3 Å². The third kappa shape index (κ3) is 2.52. The fourth-order valence-electron chi connectivity index (χ4n) is 1.65. The molecule has 2 heterocycles. The van der Waals surface area contributed by atoms with Gasteiger partial charge in [-0.3, -0.25) is 4.79 Å². The van der Waals surface area contributed by atoms with Crippen LogP contribution >= 0.6 is 0 Å². The first-order valence-electron chi connectivity index (χ1n) is 5.25. The van der Waals surface area contributed by atoms with E-state index < -0.39 is 0 Å². The molecule has 17 heavy (non-hydrogen) atoms. The van der Waals surface area contributed by atoms with E-state index in [-0.39, 0.29) is 5.91 Å². The van der Waals surface area contributed by atoms with E-state index in [1.165, 1.54) is 6.20 Å². The number of aromatic nitrogens is 1. The molecule has 0 saturated heterocycles. The van der Waals surface area contributed by atoms with Crippen LogP contribution in [-0.2, 0) is 0 Å². The molecule has 1 aliphatic rings. The molecule has 0 fully saturated rings. The van der Waals surface area contributed by atoms with Crippen LogP contribution in [0.3, 0.4) is 0 Å². The predicted octanol–water partition coefficient (Wildman–Crippen LogP) is 0.918. The molecule has 0 unspecified atom stereocenters. The summed E-state index contributed by atoms with van der Waals surface area (Å²) in [6.45, 7) is 4.38. The minimum atomic E-state index is -0.262. The number of nitrogens with one attached hydrogen (secondary N) is 1. The third-order valence-corrected chi connectivity index (χ3v) is 2.37. The Morgan fingerprint density at radius 1 is 1.53 bits per heavy atom. The molecule has 1 aliphatic heterocycles. The topological polar surface area (TPSA) is 70.7 Å². The zero-order chi connectivity index (χ0) is 12.4. The van der Waals surface area contributed by atoms with Crippen molar-refractivity contribution in [1.82, 2.24) is 15.4 Å². The lowest BCUT2D eigenvalue weighted by Gasteiger charge is -2.20. The molecular formula is C11H14N4O2. The smallest absolute Gasteiger partial charge is 0.262 e. The molecule has 1 aromatic heterocycles. The maximum Gasteiger partial charge on any atom is 0.262 e. The predicted molar refractivity (Wildman–Crippen MR) is 62.5 cm³/mol. The number of hydrogen-bond acceptors (Lipinski definition) is 5. The average molecular weight is 234 g/mol. The van der Waals surface area contributed by atoms with Gasteiger partial charge in [-0.1, -0.05) is 5.16 Å². The van der Waals surface area contributed by atoms with Gasteiger partial charge in [0.05, 0.1) is 12.7 Å². The highest BCUT2D eigenvalue weighted by molar-refractivity contribution is 5.96. The maximum atomic E-state index is 11.9. The third-order valence-electron chi connectivity index (χ3n) is 2.37. The number of hydrogen-bond donors (Lipinski definition) is 1. The van der Waals surface area contributed by atoms with Gasteiger partial charge in [0.1, 0.15) is 17.1 Å². The van der Waals surface area contributed by atoms with Gasteiger partial charge in [-0.2, -0.15) is 0 Å². The quantitative estimate of drug-likeness (QED) is 0.826. The summed E-state index contributed by atoms with van der Waals surface area (Å²) in [5.41, 5.74) is 1.37. The van der Waals surface area contributed by atoms with Crippen molar-refractivity contribution in [3.8, 4) is 0 Å². The molecule has 2 rings (SSSR count). The Balaban J connectivity index is 2.12. The van der Waals surface area contributed by atoms with E-state index in [1.54, 1.807) is 13.1 Å². The minimum Gasteiger partial charge on any atom is -0.372 e. The second-order valence-electron chi connectivity index (χ2n) is 4.03. The van der Waals surface area contributed by atoms with E-state index in [9.17, 15) is 4.79 Å². The zero-order valence-corrected chi connectivity index (χ0v) is 10.0. The Kier molecular flexibility index (Phi) is 2.95. The van der Waals surface area contributed by atoms with Gasteiger partial charge in [0.25, 0.3) is 5.91 Å². The van der Waals surface area contributed by atoms with Crippen molar-refractivity contribution in [3.05, 3.63) is 29.5 Å². The molecular weight excluding hydrogens is 220 g/mol. The Morgan fingerprint density at radius 2 is 2.29 bits per heavy atom. The summed E-state index contributed by atoms with van der Waals surface area (Å²) >= 11 is 0. The molecule has 6 nitrogen and oxygen atoms in total. The van der Waals surface area contributed by atoms with Gasteiger partial charge in [-0.05, 0) is 13.8 Å². The van der Waals surface area contributed by atoms with Crippen molar-refractivity contribution < 1.29 is 9.32 Å². The van der Waals surface area contributed by atoms with E-state index in [1.807, 2.05) is 18.9 Å². The number of carbonyl (C=O) groups excluding carboxylic acids is 1. The summed E-state index contributed by atoms with van der Waals surface area (Å²) in [5.74, 6) is 0.761. The molecule has 90 valence electrons. The van der Waals surface area contributed by atoms with Crippen molar-refractivity contribution in [3.63, 3.8) is 0 Å². The molecule has 1 aromatic rings. The van der Waals surface area contributed by atoms with Gasteiger partial charge in [0.2, 0.25) is 0 Å². The number of carbonyl (C=O) groups is 1. The lowest BCUT2D eigenvalue weighted by atomic mass is 10.2. The number of nitrogens with zero attached hydrogens (tertiary/aromatic N) is 3. The van der Waals surface area contributed by atoms with Crippen LogP contribution < -0.4 is 5.32 Å². The summed E-state index contributed by atoms with van der Waals surface area (Å²) in [6.07, 6.45) is 3.18. The van der Waals surface area contributed by atoms with Crippen LogP contribution in [0.15, 0.2) is 27.7 Å². The summed E-state index contributed by atoms with van der Waals surface area (Å²) in [6, 6.07) is 0. The molecule has 0 bridgehead atoms. The Labute approximate surface area is 99.0 Å². The first-order valence-corrected chi connectivity index (χ1v) is 5.25. The van der Waals surface area contributed by atoms with Gasteiger partial charge in [-0.15, -0.1) is 0 Å². The minimum absolute atomic E-state index is 0.262.